The van der Waals surface area contributed by atoms with Crippen LogP contribution in [0.15, 0.2) is 57.7 Å². The highest BCUT2D eigenvalue weighted by Crippen LogP contribution is 2.31. The van der Waals surface area contributed by atoms with Gasteiger partial charge in [0, 0.05) is 5.56 Å². The summed E-state index contributed by atoms with van der Waals surface area (Å²) in [5.74, 6) is -0.213. The van der Waals surface area contributed by atoms with Gasteiger partial charge in [-0.05, 0) is 31.0 Å². The topological polar surface area (TPSA) is 65.7 Å². The Kier molecular flexibility index (Phi) is 5.37. The molecule has 0 saturated carbocycles. The highest BCUT2D eigenvalue weighted by molar-refractivity contribution is 5.83. The molecule has 134 valence electrons. The van der Waals surface area contributed by atoms with E-state index in [1.165, 1.54) is 0 Å². The van der Waals surface area contributed by atoms with Crippen molar-refractivity contribution in [3.05, 3.63) is 64.3 Å². The lowest BCUT2D eigenvalue weighted by atomic mass is 10.1. The fourth-order valence-electron chi connectivity index (χ4n) is 2.69. The molecule has 0 radical (unpaired) electrons. The largest absolute Gasteiger partial charge is 0.474 e. The first-order valence-corrected chi connectivity index (χ1v) is 8.57. The maximum Gasteiger partial charge on any atom is 0.344 e. The minimum atomic E-state index is -0.534. The molecule has 3 rings (SSSR count). The number of carbonyl (C=O) groups excluding carboxylic acids is 1. The van der Waals surface area contributed by atoms with E-state index in [9.17, 15) is 9.59 Å². The summed E-state index contributed by atoms with van der Waals surface area (Å²) >= 11 is 0. The predicted octanol–water partition coefficient (Wildman–Crippen LogP) is 3.96. The lowest BCUT2D eigenvalue weighted by molar-refractivity contribution is -0.145. The van der Waals surface area contributed by atoms with Gasteiger partial charge in [-0.3, -0.25) is 4.79 Å². The van der Waals surface area contributed by atoms with E-state index >= 15 is 0 Å². The van der Waals surface area contributed by atoms with Crippen molar-refractivity contribution in [2.45, 2.75) is 20.3 Å². The van der Waals surface area contributed by atoms with Crippen molar-refractivity contribution in [3.63, 3.8) is 0 Å². The third-order valence-electron chi connectivity index (χ3n) is 4.00. The molecule has 0 saturated heterocycles. The van der Waals surface area contributed by atoms with Gasteiger partial charge >= 0.3 is 5.97 Å². The Balaban J connectivity index is 2.15. The first kappa shape index (κ1) is 17.7. The average Bonchev–Trinajstić information content (AvgIpc) is 2.67. The Bertz CT molecular complexity index is 973. The van der Waals surface area contributed by atoms with Gasteiger partial charge in [0.05, 0.1) is 12.0 Å². The van der Waals surface area contributed by atoms with Crippen molar-refractivity contribution < 1.29 is 18.7 Å². The van der Waals surface area contributed by atoms with Gasteiger partial charge < -0.3 is 13.9 Å². The molecule has 26 heavy (non-hydrogen) atoms. The maximum atomic E-state index is 13.0. The molecule has 0 spiro atoms. The summed E-state index contributed by atoms with van der Waals surface area (Å²) in [6.45, 7) is 3.63. The van der Waals surface area contributed by atoms with Crippen molar-refractivity contribution in [2.24, 2.45) is 0 Å². The summed E-state index contributed by atoms with van der Waals surface area (Å²) in [5.41, 5.74) is 1.90. The summed E-state index contributed by atoms with van der Waals surface area (Å²) in [5, 5.41) is 0.433. The van der Waals surface area contributed by atoms with Crippen LogP contribution in [-0.4, -0.2) is 19.2 Å². The van der Waals surface area contributed by atoms with Crippen molar-refractivity contribution in [1.82, 2.24) is 0 Å². The second-order valence-corrected chi connectivity index (χ2v) is 5.73. The van der Waals surface area contributed by atoms with E-state index in [0.717, 1.165) is 12.0 Å². The van der Waals surface area contributed by atoms with Crippen LogP contribution in [0, 0.1) is 0 Å². The molecular formula is C21H20O5. The smallest absolute Gasteiger partial charge is 0.344 e. The van der Waals surface area contributed by atoms with Crippen LogP contribution in [0.5, 0.6) is 5.75 Å². The highest BCUT2D eigenvalue weighted by Gasteiger charge is 2.19. The van der Waals surface area contributed by atoms with Crippen molar-refractivity contribution in [2.75, 3.05) is 13.2 Å². The van der Waals surface area contributed by atoms with Crippen LogP contribution in [0.25, 0.3) is 22.3 Å². The van der Waals surface area contributed by atoms with Gasteiger partial charge in [-0.25, -0.2) is 4.79 Å². The number of hydrogen-bond donors (Lipinski definition) is 0. The zero-order valence-electron chi connectivity index (χ0n) is 14.8. The van der Waals surface area contributed by atoms with Crippen molar-refractivity contribution in [1.29, 1.82) is 0 Å². The van der Waals surface area contributed by atoms with E-state index in [1.807, 2.05) is 43.3 Å². The first-order valence-electron chi connectivity index (χ1n) is 8.57. The zero-order valence-corrected chi connectivity index (χ0v) is 14.8. The van der Waals surface area contributed by atoms with Gasteiger partial charge in [0.25, 0.3) is 0 Å². The molecule has 0 amide bonds. The second-order valence-electron chi connectivity index (χ2n) is 5.73. The minimum absolute atomic E-state index is 0.0185. The molecule has 0 aliphatic heterocycles. The summed E-state index contributed by atoms with van der Waals surface area (Å²) in [4.78, 5) is 24.7. The fraction of sp³-hybridized carbons (Fsp3) is 0.238. The van der Waals surface area contributed by atoms with Crippen LogP contribution >= 0.6 is 0 Å². The normalized spacial score (nSPS) is 10.7. The molecule has 1 aromatic heterocycles. The van der Waals surface area contributed by atoms with Crippen LogP contribution in [0.2, 0.25) is 0 Å². The standard InChI is InChI=1S/C21H20O5/c1-3-14-10-11-17-16(12-14)19(23)21(25-13-18(22)24-4-2)20(26-17)15-8-6-5-7-9-15/h5-12H,3-4,13H2,1-2H3. The van der Waals surface area contributed by atoms with E-state index in [2.05, 4.69) is 0 Å². The van der Waals surface area contributed by atoms with Crippen LogP contribution < -0.4 is 10.2 Å². The zero-order chi connectivity index (χ0) is 18.5. The predicted molar refractivity (Wildman–Crippen MR) is 99.4 cm³/mol. The van der Waals surface area contributed by atoms with Crippen LogP contribution in [0.3, 0.4) is 0 Å². The van der Waals surface area contributed by atoms with Crippen molar-refractivity contribution >= 4 is 16.9 Å². The third-order valence-corrected chi connectivity index (χ3v) is 4.00. The lowest BCUT2D eigenvalue weighted by Crippen LogP contribution is -2.18. The van der Waals surface area contributed by atoms with E-state index in [0.29, 0.717) is 22.3 Å². The first-order chi connectivity index (χ1) is 12.6. The number of aryl methyl sites for hydroxylation is 1. The molecule has 0 aliphatic rings. The van der Waals surface area contributed by atoms with Gasteiger partial charge in [-0.15, -0.1) is 0 Å². The molecule has 0 atom stereocenters. The summed E-state index contributed by atoms with van der Waals surface area (Å²) < 4.78 is 16.4. The Morgan fingerprint density at radius 1 is 1.08 bits per heavy atom. The quantitative estimate of drug-likeness (QED) is 0.628. The molecule has 0 aliphatic carbocycles. The Labute approximate surface area is 151 Å². The molecule has 5 nitrogen and oxygen atoms in total. The van der Waals surface area contributed by atoms with Gasteiger partial charge in [0.2, 0.25) is 11.2 Å². The molecule has 5 heteroatoms. The second kappa shape index (κ2) is 7.87. The summed E-state index contributed by atoms with van der Waals surface area (Å²) in [6, 6.07) is 14.7. The van der Waals surface area contributed by atoms with E-state index in [1.54, 1.807) is 19.1 Å². The van der Waals surface area contributed by atoms with Gasteiger partial charge in [0.1, 0.15) is 5.58 Å². The number of benzene rings is 2. The van der Waals surface area contributed by atoms with Crippen LogP contribution in [-0.2, 0) is 16.0 Å². The van der Waals surface area contributed by atoms with Gasteiger partial charge in [-0.2, -0.15) is 0 Å². The molecule has 0 N–H and O–H groups in total. The van der Waals surface area contributed by atoms with E-state index < -0.39 is 5.97 Å². The number of hydrogen-bond acceptors (Lipinski definition) is 5. The molecule has 0 bridgehead atoms. The molecule has 3 aromatic rings. The summed E-state index contributed by atoms with van der Waals surface area (Å²) in [6.07, 6.45) is 0.800. The number of ether oxygens (including phenoxy) is 2. The van der Waals surface area contributed by atoms with E-state index in [-0.39, 0.29) is 24.4 Å². The van der Waals surface area contributed by atoms with Crippen LogP contribution in [0.4, 0.5) is 0 Å². The third kappa shape index (κ3) is 3.61. The highest BCUT2D eigenvalue weighted by atomic mass is 16.6. The van der Waals surface area contributed by atoms with Crippen LogP contribution in [0.1, 0.15) is 19.4 Å². The van der Waals surface area contributed by atoms with E-state index in [4.69, 9.17) is 13.9 Å². The molecule has 1 heterocycles. The number of fused-ring (bicyclic) bond motifs is 1. The number of rotatable bonds is 6. The average molecular weight is 352 g/mol. The summed E-state index contributed by atoms with van der Waals surface area (Å²) in [7, 11) is 0. The maximum absolute atomic E-state index is 13.0. The Hall–Kier alpha value is -3.08. The lowest BCUT2D eigenvalue weighted by Gasteiger charge is -2.12. The van der Waals surface area contributed by atoms with Gasteiger partial charge in [-0.1, -0.05) is 43.3 Å². The Morgan fingerprint density at radius 2 is 1.85 bits per heavy atom. The fourth-order valence-corrected chi connectivity index (χ4v) is 2.69. The molecular weight excluding hydrogens is 332 g/mol. The molecule has 0 fully saturated rings. The monoisotopic (exact) mass is 352 g/mol. The Morgan fingerprint density at radius 3 is 2.54 bits per heavy atom. The molecule has 2 aromatic carbocycles. The van der Waals surface area contributed by atoms with Crippen molar-refractivity contribution in [3.8, 4) is 17.1 Å². The number of esters is 1. The molecule has 0 unspecified atom stereocenters. The minimum Gasteiger partial charge on any atom is -0.474 e. The number of carbonyl (C=O) groups is 1. The SMILES string of the molecule is CCOC(=O)COc1c(-c2ccccc2)oc2ccc(CC)cc2c1=O. The van der Waals surface area contributed by atoms with Gasteiger partial charge in [0.15, 0.2) is 12.4 Å².